The van der Waals surface area contributed by atoms with E-state index in [1.165, 1.54) is 18.9 Å². The summed E-state index contributed by atoms with van der Waals surface area (Å²) in [4.78, 5) is 4.68. The van der Waals surface area contributed by atoms with E-state index in [0.29, 0.717) is 18.3 Å². The van der Waals surface area contributed by atoms with Gasteiger partial charge in [0.25, 0.3) is 6.43 Å². The zero-order valence-corrected chi connectivity index (χ0v) is 18.1. The number of rotatable bonds is 9. The molecule has 1 unspecified atom stereocenters. The number of halogens is 3. The molecule has 0 bridgehead atoms. The number of nitrogens with zero attached hydrogens (tertiary/aromatic N) is 1. The van der Waals surface area contributed by atoms with Crippen molar-refractivity contribution in [3.8, 4) is 0 Å². The number of hydrogen-bond donors (Lipinski definition) is 1. The van der Waals surface area contributed by atoms with Crippen molar-refractivity contribution >= 4 is 17.8 Å². The Morgan fingerprint density at radius 2 is 1.90 bits per heavy atom. The number of benzene rings is 2. The van der Waals surface area contributed by atoms with E-state index < -0.39 is 12.0 Å². The van der Waals surface area contributed by atoms with Crippen molar-refractivity contribution in [3.05, 3.63) is 83.1 Å². The summed E-state index contributed by atoms with van der Waals surface area (Å²) in [5.41, 5.74) is 2.01. The topological polar surface area (TPSA) is 24.4 Å². The first-order chi connectivity index (χ1) is 14.6. The van der Waals surface area contributed by atoms with Crippen molar-refractivity contribution < 1.29 is 8.78 Å². The van der Waals surface area contributed by atoms with Crippen LogP contribution in [0.15, 0.2) is 71.4 Å². The van der Waals surface area contributed by atoms with Crippen LogP contribution >= 0.6 is 11.6 Å². The molecule has 2 aromatic rings. The molecule has 2 aromatic carbocycles. The summed E-state index contributed by atoms with van der Waals surface area (Å²) < 4.78 is 27.1. The number of allylic oxidation sites excluding steroid dienone is 1. The zero-order valence-electron chi connectivity index (χ0n) is 17.3. The van der Waals surface area contributed by atoms with Gasteiger partial charge in [-0.2, -0.15) is 0 Å². The van der Waals surface area contributed by atoms with Gasteiger partial charge in [0.15, 0.2) is 0 Å². The second-order valence-electron chi connectivity index (χ2n) is 7.76. The highest BCUT2D eigenvalue weighted by atomic mass is 35.5. The van der Waals surface area contributed by atoms with E-state index in [1.807, 2.05) is 37.3 Å². The molecule has 0 heterocycles. The Hall–Kier alpha value is -2.04. The second kappa shape index (κ2) is 10.8. The smallest absolute Gasteiger partial charge is 0.263 e. The molecule has 1 N–H and O–H groups in total. The number of nitrogens with one attached hydrogen (secondary N) is 1. The third-order valence-electron chi connectivity index (χ3n) is 5.76. The van der Waals surface area contributed by atoms with Gasteiger partial charge in [-0.05, 0) is 37.0 Å². The molecule has 1 aliphatic carbocycles. The van der Waals surface area contributed by atoms with Crippen LogP contribution in [0.4, 0.5) is 8.78 Å². The summed E-state index contributed by atoms with van der Waals surface area (Å²) in [7, 11) is 0. The Kier molecular flexibility index (Phi) is 8.17. The van der Waals surface area contributed by atoms with E-state index in [-0.39, 0.29) is 5.56 Å². The fourth-order valence-corrected chi connectivity index (χ4v) is 4.44. The summed E-state index contributed by atoms with van der Waals surface area (Å²) in [5.74, 6) is 0.291. The molecule has 2 nitrogen and oxygen atoms in total. The van der Waals surface area contributed by atoms with Crippen LogP contribution in [0.25, 0.3) is 0 Å². The minimum atomic E-state index is -2.52. The summed E-state index contributed by atoms with van der Waals surface area (Å²) >= 11 is 5.90. The van der Waals surface area contributed by atoms with Gasteiger partial charge >= 0.3 is 0 Å². The summed E-state index contributed by atoms with van der Waals surface area (Å²) in [6.45, 7) is 1.94. The summed E-state index contributed by atoms with van der Waals surface area (Å²) in [5, 5.41) is 3.85. The van der Waals surface area contributed by atoms with Crippen molar-refractivity contribution in [1.82, 2.24) is 5.32 Å². The Morgan fingerprint density at radius 3 is 2.53 bits per heavy atom. The fraction of sp³-hybridized carbons (Fsp3) is 0.400. The molecule has 1 fully saturated rings. The molecule has 0 amide bonds. The third-order valence-corrected chi connectivity index (χ3v) is 5.90. The molecule has 0 aromatic heterocycles. The van der Waals surface area contributed by atoms with Gasteiger partial charge in [0.1, 0.15) is 0 Å². The first kappa shape index (κ1) is 22.6. The van der Waals surface area contributed by atoms with Gasteiger partial charge in [-0.15, -0.1) is 11.6 Å². The van der Waals surface area contributed by atoms with E-state index >= 15 is 0 Å². The van der Waals surface area contributed by atoms with Crippen molar-refractivity contribution in [2.75, 3.05) is 5.88 Å². The lowest BCUT2D eigenvalue weighted by Crippen LogP contribution is -2.50. The predicted molar refractivity (Wildman–Crippen MR) is 122 cm³/mol. The molecule has 5 heteroatoms. The van der Waals surface area contributed by atoms with Gasteiger partial charge in [-0.25, -0.2) is 8.78 Å². The largest absolute Gasteiger partial charge is 0.299 e. The van der Waals surface area contributed by atoms with Gasteiger partial charge in [0.2, 0.25) is 0 Å². The molecule has 3 rings (SSSR count). The van der Waals surface area contributed by atoms with Crippen LogP contribution in [0.2, 0.25) is 0 Å². The van der Waals surface area contributed by atoms with Gasteiger partial charge in [-0.1, -0.05) is 67.4 Å². The first-order valence-corrected chi connectivity index (χ1v) is 11.1. The van der Waals surface area contributed by atoms with Crippen molar-refractivity contribution in [3.63, 3.8) is 0 Å². The number of aliphatic imine (C=N–C) groups is 1. The molecule has 0 aliphatic heterocycles. The normalized spacial score (nSPS) is 17.7. The Bertz CT molecular complexity index is 860. The minimum Gasteiger partial charge on any atom is -0.299 e. The second-order valence-corrected chi connectivity index (χ2v) is 8.07. The molecule has 30 heavy (non-hydrogen) atoms. The Morgan fingerprint density at radius 1 is 1.17 bits per heavy atom. The predicted octanol–water partition coefficient (Wildman–Crippen LogP) is 6.81. The molecular formula is C25H29ClF2N2. The van der Waals surface area contributed by atoms with Gasteiger partial charge in [-0.3, -0.25) is 10.3 Å². The number of hydrogen-bond acceptors (Lipinski definition) is 2. The highest BCUT2D eigenvalue weighted by molar-refractivity contribution is 6.24. The van der Waals surface area contributed by atoms with Crippen LogP contribution < -0.4 is 5.32 Å². The van der Waals surface area contributed by atoms with Crippen molar-refractivity contribution in [1.29, 1.82) is 0 Å². The van der Waals surface area contributed by atoms with E-state index in [4.69, 9.17) is 11.6 Å². The van der Waals surface area contributed by atoms with E-state index in [0.717, 1.165) is 29.7 Å². The Labute approximate surface area is 183 Å². The van der Waals surface area contributed by atoms with E-state index in [9.17, 15) is 8.78 Å². The van der Waals surface area contributed by atoms with Crippen molar-refractivity contribution in [2.24, 2.45) is 4.99 Å². The van der Waals surface area contributed by atoms with Crippen LogP contribution in [0.1, 0.15) is 55.7 Å². The number of alkyl halides is 3. The van der Waals surface area contributed by atoms with Crippen LogP contribution in [0.3, 0.4) is 0 Å². The van der Waals surface area contributed by atoms with Crippen LogP contribution in [0.5, 0.6) is 0 Å². The van der Waals surface area contributed by atoms with E-state index in [1.54, 1.807) is 18.3 Å². The quantitative estimate of drug-likeness (QED) is 0.343. The monoisotopic (exact) mass is 430 g/mol. The highest BCUT2D eigenvalue weighted by Gasteiger charge is 2.39. The highest BCUT2D eigenvalue weighted by Crippen LogP contribution is 2.38. The van der Waals surface area contributed by atoms with Crippen LogP contribution in [-0.2, 0) is 12.0 Å². The maximum absolute atomic E-state index is 13.6. The molecular weight excluding hydrogens is 402 g/mol. The molecule has 0 radical (unpaired) electrons. The third kappa shape index (κ3) is 5.35. The summed E-state index contributed by atoms with van der Waals surface area (Å²) in [6.07, 6.45) is 6.20. The summed E-state index contributed by atoms with van der Waals surface area (Å²) in [6, 6.07) is 17.2. The molecule has 1 saturated carbocycles. The molecule has 1 atom stereocenters. The first-order valence-electron chi connectivity index (χ1n) is 10.5. The molecule has 0 spiro atoms. The SMILES string of the molecule is C/C=C(\N=CCCl)C(Cc1ccccc1)(NC1CCCC1)c1cccc(C(F)F)c1. The Balaban J connectivity index is 2.18. The lowest BCUT2D eigenvalue weighted by atomic mass is 9.79. The molecule has 1 aliphatic rings. The standard InChI is InChI=1S/C25H29ClF2N2/c1-2-23(29-16-15-26)25(30-22-13-6-7-14-22,18-19-9-4-3-5-10-19)21-12-8-11-20(17-21)24(27)28/h2-5,8-12,16-17,22,24,30H,6-7,13-15,18H2,1H3/b23-2-,29-16?. The fourth-order valence-electron chi connectivity index (χ4n) is 4.37. The van der Waals surface area contributed by atoms with E-state index in [2.05, 4.69) is 22.4 Å². The maximum atomic E-state index is 13.6. The van der Waals surface area contributed by atoms with Crippen LogP contribution in [-0.4, -0.2) is 18.1 Å². The lowest BCUT2D eigenvalue weighted by Gasteiger charge is -2.39. The molecule has 160 valence electrons. The zero-order chi connectivity index (χ0) is 21.4. The van der Waals surface area contributed by atoms with Gasteiger partial charge in [0.05, 0.1) is 17.1 Å². The molecule has 0 saturated heterocycles. The van der Waals surface area contributed by atoms with Crippen molar-refractivity contribution in [2.45, 2.75) is 57.0 Å². The van der Waals surface area contributed by atoms with Gasteiger partial charge in [0, 0.05) is 24.2 Å². The minimum absolute atomic E-state index is 0.0231. The van der Waals surface area contributed by atoms with Crippen LogP contribution in [0, 0.1) is 0 Å². The average molecular weight is 431 g/mol. The van der Waals surface area contributed by atoms with Gasteiger partial charge < -0.3 is 0 Å². The average Bonchev–Trinajstić information content (AvgIpc) is 3.27. The lowest BCUT2D eigenvalue weighted by molar-refractivity contribution is 0.151. The maximum Gasteiger partial charge on any atom is 0.263 e.